The van der Waals surface area contributed by atoms with Crippen molar-refractivity contribution >= 4 is 33.3 Å². The predicted octanol–water partition coefficient (Wildman–Crippen LogP) is 4.19. The topological polar surface area (TPSA) is 43.4 Å². The maximum absolute atomic E-state index is 14.6. The highest BCUT2D eigenvalue weighted by Gasteiger charge is 2.24. The van der Waals surface area contributed by atoms with Gasteiger partial charge in [-0.2, -0.15) is 0 Å². The van der Waals surface area contributed by atoms with E-state index in [0.717, 1.165) is 11.6 Å². The minimum absolute atomic E-state index is 0.165. The molecule has 3 nitrogen and oxygen atoms in total. The van der Waals surface area contributed by atoms with Gasteiger partial charge in [0.15, 0.2) is 5.83 Å². The van der Waals surface area contributed by atoms with Gasteiger partial charge in [0.25, 0.3) is 0 Å². The van der Waals surface area contributed by atoms with Gasteiger partial charge in [-0.15, -0.1) is 0 Å². The molecule has 0 heterocycles. The Hall–Kier alpha value is -2.27. The van der Waals surface area contributed by atoms with E-state index in [-0.39, 0.29) is 16.7 Å². The molecule has 2 aromatic rings. The Kier molecular flexibility index (Phi) is 5.22. The Morgan fingerprint density at radius 1 is 0.955 bits per heavy atom. The maximum atomic E-state index is 14.6. The molecule has 0 saturated heterocycles. The van der Waals surface area contributed by atoms with Crippen LogP contribution in [-0.4, -0.2) is 18.9 Å². The SMILES string of the molecule is COC(=O)/C(=C(/F)C(=O)c1ccccc1)c1ccc(Br)cc1. The molecule has 0 aliphatic rings. The minimum Gasteiger partial charge on any atom is -0.465 e. The number of rotatable bonds is 4. The first-order chi connectivity index (χ1) is 10.5. The van der Waals surface area contributed by atoms with Crippen molar-refractivity contribution in [3.05, 3.63) is 76.0 Å². The second-order valence-electron chi connectivity index (χ2n) is 4.38. The van der Waals surface area contributed by atoms with Crippen molar-refractivity contribution < 1.29 is 18.7 Å². The van der Waals surface area contributed by atoms with E-state index >= 15 is 0 Å². The van der Waals surface area contributed by atoms with E-state index < -0.39 is 17.6 Å². The van der Waals surface area contributed by atoms with Gasteiger partial charge in [-0.3, -0.25) is 4.79 Å². The summed E-state index contributed by atoms with van der Waals surface area (Å²) < 4.78 is 20.0. The fourth-order valence-electron chi connectivity index (χ4n) is 1.88. The van der Waals surface area contributed by atoms with Crippen LogP contribution in [0.3, 0.4) is 0 Å². The van der Waals surface area contributed by atoms with Gasteiger partial charge in [0.2, 0.25) is 5.78 Å². The molecule has 0 N–H and O–H groups in total. The van der Waals surface area contributed by atoms with Gasteiger partial charge in [-0.25, -0.2) is 9.18 Å². The average Bonchev–Trinajstić information content (AvgIpc) is 2.56. The van der Waals surface area contributed by atoms with E-state index in [1.165, 1.54) is 24.3 Å². The monoisotopic (exact) mass is 362 g/mol. The average molecular weight is 363 g/mol. The molecule has 5 heteroatoms. The second kappa shape index (κ2) is 7.13. The summed E-state index contributed by atoms with van der Waals surface area (Å²) in [5, 5.41) is 0. The zero-order valence-corrected chi connectivity index (χ0v) is 13.3. The number of allylic oxidation sites excluding steroid dienone is 1. The highest BCUT2D eigenvalue weighted by molar-refractivity contribution is 9.10. The fraction of sp³-hybridized carbons (Fsp3) is 0.0588. The second-order valence-corrected chi connectivity index (χ2v) is 5.30. The first-order valence-electron chi connectivity index (χ1n) is 6.38. The Morgan fingerprint density at radius 3 is 2.09 bits per heavy atom. The third kappa shape index (κ3) is 3.49. The lowest BCUT2D eigenvalue weighted by Gasteiger charge is -2.08. The standard InChI is InChI=1S/C17H12BrFO3/c1-22-17(21)14(11-7-9-13(18)10-8-11)15(19)16(20)12-5-3-2-4-6-12/h2-10H,1H3/b15-14+. The molecular formula is C17H12BrFO3. The first kappa shape index (κ1) is 16.1. The Bertz CT molecular complexity index is 721. The van der Waals surface area contributed by atoms with E-state index in [0.29, 0.717) is 0 Å². The van der Waals surface area contributed by atoms with Crippen LogP contribution in [0, 0.1) is 0 Å². The molecule has 0 spiro atoms. The van der Waals surface area contributed by atoms with Crippen molar-refractivity contribution in [3.8, 4) is 0 Å². The molecule has 0 aliphatic carbocycles. The van der Waals surface area contributed by atoms with Crippen LogP contribution in [0.15, 0.2) is 64.9 Å². The van der Waals surface area contributed by atoms with Crippen LogP contribution >= 0.6 is 15.9 Å². The summed E-state index contributed by atoms with van der Waals surface area (Å²) in [5.74, 6) is -2.90. The summed E-state index contributed by atoms with van der Waals surface area (Å²) >= 11 is 3.26. The lowest BCUT2D eigenvalue weighted by molar-refractivity contribution is -0.133. The largest absolute Gasteiger partial charge is 0.465 e. The van der Waals surface area contributed by atoms with Crippen molar-refractivity contribution in [2.24, 2.45) is 0 Å². The zero-order valence-electron chi connectivity index (χ0n) is 11.7. The molecule has 0 unspecified atom stereocenters. The van der Waals surface area contributed by atoms with Crippen molar-refractivity contribution in [3.63, 3.8) is 0 Å². The Balaban J connectivity index is 2.54. The van der Waals surface area contributed by atoms with Crippen LogP contribution in [0.4, 0.5) is 4.39 Å². The number of ether oxygens (including phenoxy) is 1. The van der Waals surface area contributed by atoms with E-state index in [1.54, 1.807) is 30.3 Å². The van der Waals surface area contributed by atoms with Gasteiger partial charge in [-0.1, -0.05) is 58.4 Å². The molecule has 0 saturated carbocycles. The molecular weight excluding hydrogens is 351 g/mol. The highest BCUT2D eigenvalue weighted by atomic mass is 79.9. The van der Waals surface area contributed by atoms with Crippen LogP contribution in [0.2, 0.25) is 0 Å². The third-order valence-corrected chi connectivity index (χ3v) is 3.51. The van der Waals surface area contributed by atoms with Crippen LogP contribution in [-0.2, 0) is 9.53 Å². The lowest BCUT2D eigenvalue weighted by atomic mass is 10.0. The molecule has 0 fully saturated rings. The van der Waals surface area contributed by atoms with Gasteiger partial charge in [0, 0.05) is 10.0 Å². The molecule has 0 radical (unpaired) electrons. The van der Waals surface area contributed by atoms with Crippen molar-refractivity contribution in [1.82, 2.24) is 0 Å². The lowest BCUT2D eigenvalue weighted by Crippen LogP contribution is -2.11. The molecule has 2 aromatic carbocycles. The number of halogens is 2. The van der Waals surface area contributed by atoms with Crippen LogP contribution < -0.4 is 0 Å². The molecule has 22 heavy (non-hydrogen) atoms. The number of ketones is 1. The fourth-order valence-corrected chi connectivity index (χ4v) is 2.15. The van der Waals surface area contributed by atoms with Crippen LogP contribution in [0.1, 0.15) is 15.9 Å². The van der Waals surface area contributed by atoms with Crippen LogP contribution in [0.25, 0.3) is 5.57 Å². The summed E-state index contributed by atoms with van der Waals surface area (Å²) in [6.07, 6.45) is 0. The Labute approximate surface area is 135 Å². The molecule has 0 atom stereocenters. The van der Waals surface area contributed by atoms with Gasteiger partial charge in [0.05, 0.1) is 7.11 Å². The maximum Gasteiger partial charge on any atom is 0.341 e. The number of hydrogen-bond acceptors (Lipinski definition) is 3. The number of esters is 1. The van der Waals surface area contributed by atoms with Crippen LogP contribution in [0.5, 0.6) is 0 Å². The number of carbonyl (C=O) groups excluding carboxylic acids is 2. The predicted molar refractivity (Wildman–Crippen MR) is 85.0 cm³/mol. The smallest absolute Gasteiger partial charge is 0.341 e. The Morgan fingerprint density at radius 2 is 1.55 bits per heavy atom. The van der Waals surface area contributed by atoms with E-state index in [1.807, 2.05) is 0 Å². The van der Waals surface area contributed by atoms with Gasteiger partial charge in [0.1, 0.15) is 5.57 Å². The minimum atomic E-state index is -1.14. The highest BCUT2D eigenvalue weighted by Crippen LogP contribution is 2.25. The van der Waals surface area contributed by atoms with Gasteiger partial charge in [-0.05, 0) is 17.7 Å². The number of carbonyl (C=O) groups is 2. The van der Waals surface area contributed by atoms with Crippen molar-refractivity contribution in [2.45, 2.75) is 0 Å². The van der Waals surface area contributed by atoms with Gasteiger partial charge >= 0.3 is 5.97 Å². The zero-order chi connectivity index (χ0) is 16.1. The summed E-state index contributed by atoms with van der Waals surface area (Å²) in [6.45, 7) is 0. The van der Waals surface area contributed by atoms with Crippen molar-refractivity contribution in [2.75, 3.05) is 7.11 Å². The normalized spacial score (nSPS) is 11.6. The summed E-state index contributed by atoms with van der Waals surface area (Å²) in [4.78, 5) is 24.1. The summed E-state index contributed by atoms with van der Waals surface area (Å²) in [5.41, 5.74) is 0.0548. The first-order valence-corrected chi connectivity index (χ1v) is 7.17. The van der Waals surface area contributed by atoms with E-state index in [9.17, 15) is 14.0 Å². The quantitative estimate of drug-likeness (QED) is 0.465. The summed E-state index contributed by atoms with van der Waals surface area (Å²) in [6, 6.07) is 14.3. The molecule has 112 valence electrons. The number of hydrogen-bond donors (Lipinski definition) is 0. The van der Waals surface area contributed by atoms with Crippen molar-refractivity contribution in [1.29, 1.82) is 0 Å². The number of Topliss-reactive ketones (excluding diaryl/α,β-unsaturated/α-hetero) is 1. The number of methoxy groups -OCH3 is 1. The summed E-state index contributed by atoms with van der Waals surface area (Å²) in [7, 11) is 1.14. The third-order valence-electron chi connectivity index (χ3n) is 2.98. The van der Waals surface area contributed by atoms with E-state index in [4.69, 9.17) is 0 Å². The van der Waals surface area contributed by atoms with E-state index in [2.05, 4.69) is 20.7 Å². The number of benzene rings is 2. The molecule has 2 rings (SSSR count). The molecule has 0 aliphatic heterocycles. The molecule has 0 amide bonds. The van der Waals surface area contributed by atoms with Gasteiger partial charge < -0.3 is 4.74 Å². The molecule has 0 aromatic heterocycles. The molecule has 0 bridgehead atoms.